The highest BCUT2D eigenvalue weighted by molar-refractivity contribution is 5.90. The third-order valence-corrected chi connectivity index (χ3v) is 3.95. The van der Waals surface area contributed by atoms with E-state index in [1.807, 2.05) is 43.3 Å². The second-order valence-corrected chi connectivity index (χ2v) is 5.75. The van der Waals surface area contributed by atoms with Gasteiger partial charge in [-0.05, 0) is 30.7 Å². The van der Waals surface area contributed by atoms with Crippen LogP contribution in [0.1, 0.15) is 13.3 Å². The number of H-pyrrole nitrogens is 1. The van der Waals surface area contributed by atoms with Crippen molar-refractivity contribution in [3.8, 4) is 22.7 Å². The SMILES string of the molecule is CCCOc1ccccc1-n1nc(-c2cccnc2)c2nc[nH]c(=O)c21. The molecule has 4 aromatic rings. The number of aromatic nitrogens is 5. The van der Waals surface area contributed by atoms with Gasteiger partial charge in [0.2, 0.25) is 0 Å². The normalized spacial score (nSPS) is 11.0. The molecule has 0 aliphatic heterocycles. The highest BCUT2D eigenvalue weighted by atomic mass is 16.5. The van der Waals surface area contributed by atoms with Crippen LogP contribution < -0.4 is 10.3 Å². The van der Waals surface area contributed by atoms with Crippen LogP contribution in [0.15, 0.2) is 59.9 Å². The molecule has 0 saturated heterocycles. The van der Waals surface area contributed by atoms with Crippen LogP contribution in [0.25, 0.3) is 28.0 Å². The first-order chi connectivity index (χ1) is 12.8. The van der Waals surface area contributed by atoms with Crippen LogP contribution >= 0.6 is 0 Å². The summed E-state index contributed by atoms with van der Waals surface area (Å²) in [6, 6.07) is 11.2. The third kappa shape index (κ3) is 2.73. The lowest BCUT2D eigenvalue weighted by atomic mass is 10.2. The minimum atomic E-state index is -0.261. The minimum Gasteiger partial charge on any atom is -0.491 e. The minimum absolute atomic E-state index is 0.261. The van der Waals surface area contributed by atoms with Gasteiger partial charge in [-0.15, -0.1) is 0 Å². The van der Waals surface area contributed by atoms with Gasteiger partial charge >= 0.3 is 0 Å². The van der Waals surface area contributed by atoms with Crippen LogP contribution in [0.3, 0.4) is 0 Å². The number of ether oxygens (including phenoxy) is 1. The summed E-state index contributed by atoms with van der Waals surface area (Å²) < 4.78 is 7.43. The van der Waals surface area contributed by atoms with Gasteiger partial charge in [0.15, 0.2) is 5.52 Å². The Bertz CT molecular complexity index is 1100. The molecule has 0 atom stereocenters. The molecule has 0 aliphatic rings. The number of para-hydroxylation sites is 2. The lowest BCUT2D eigenvalue weighted by molar-refractivity contribution is 0.316. The molecule has 26 heavy (non-hydrogen) atoms. The maximum atomic E-state index is 12.5. The van der Waals surface area contributed by atoms with E-state index < -0.39 is 0 Å². The van der Waals surface area contributed by atoms with Crippen LogP contribution in [0.2, 0.25) is 0 Å². The third-order valence-electron chi connectivity index (χ3n) is 3.95. The second kappa shape index (κ2) is 6.79. The zero-order valence-corrected chi connectivity index (χ0v) is 14.2. The van der Waals surface area contributed by atoms with Crippen molar-refractivity contribution in [2.45, 2.75) is 13.3 Å². The molecule has 130 valence electrons. The summed E-state index contributed by atoms with van der Waals surface area (Å²) in [6.45, 7) is 2.63. The Morgan fingerprint density at radius 2 is 2.08 bits per heavy atom. The lowest BCUT2D eigenvalue weighted by Crippen LogP contribution is -2.12. The van der Waals surface area contributed by atoms with Crippen LogP contribution in [0, 0.1) is 0 Å². The van der Waals surface area contributed by atoms with E-state index in [0.717, 1.165) is 12.0 Å². The molecule has 0 spiro atoms. The molecule has 4 rings (SSSR count). The molecule has 1 aromatic carbocycles. The predicted molar refractivity (Wildman–Crippen MR) is 98.5 cm³/mol. The second-order valence-electron chi connectivity index (χ2n) is 5.75. The van der Waals surface area contributed by atoms with Gasteiger partial charge in [-0.25, -0.2) is 9.67 Å². The first-order valence-electron chi connectivity index (χ1n) is 8.38. The molecular formula is C19H17N5O2. The van der Waals surface area contributed by atoms with Crippen molar-refractivity contribution in [1.82, 2.24) is 24.7 Å². The Morgan fingerprint density at radius 1 is 1.19 bits per heavy atom. The number of benzene rings is 1. The molecule has 7 heteroatoms. The van der Waals surface area contributed by atoms with E-state index in [2.05, 4.69) is 20.1 Å². The summed E-state index contributed by atoms with van der Waals surface area (Å²) >= 11 is 0. The smallest absolute Gasteiger partial charge is 0.277 e. The zero-order valence-electron chi connectivity index (χ0n) is 14.2. The fraction of sp³-hybridized carbons (Fsp3) is 0.158. The standard InChI is InChI=1S/C19H17N5O2/c1-2-10-26-15-8-4-3-7-14(15)24-18-17(21-12-22-19(18)25)16(23-24)13-6-5-9-20-11-13/h3-9,11-12H,2,10H2,1H3,(H,21,22,25). The monoisotopic (exact) mass is 347 g/mol. The van der Waals surface area contributed by atoms with Crippen LogP contribution in [0.4, 0.5) is 0 Å². The highest BCUT2D eigenvalue weighted by Gasteiger charge is 2.19. The summed E-state index contributed by atoms with van der Waals surface area (Å²) in [7, 11) is 0. The fourth-order valence-electron chi connectivity index (χ4n) is 2.80. The predicted octanol–water partition coefficient (Wildman–Crippen LogP) is 2.96. The molecule has 7 nitrogen and oxygen atoms in total. The Labute approximate surface area is 149 Å². The number of rotatable bonds is 5. The Kier molecular flexibility index (Phi) is 4.18. The fourth-order valence-corrected chi connectivity index (χ4v) is 2.80. The Hall–Kier alpha value is -3.48. The van der Waals surface area contributed by atoms with E-state index in [1.54, 1.807) is 17.1 Å². The first-order valence-corrected chi connectivity index (χ1v) is 8.38. The molecule has 0 saturated carbocycles. The summed E-state index contributed by atoms with van der Waals surface area (Å²) in [5.74, 6) is 0.666. The van der Waals surface area contributed by atoms with Crippen molar-refractivity contribution < 1.29 is 4.74 Å². The van der Waals surface area contributed by atoms with E-state index in [9.17, 15) is 4.79 Å². The molecule has 3 aromatic heterocycles. The number of nitrogens with zero attached hydrogens (tertiary/aromatic N) is 4. The largest absolute Gasteiger partial charge is 0.491 e. The van der Waals surface area contributed by atoms with Crippen molar-refractivity contribution in [1.29, 1.82) is 0 Å². The van der Waals surface area contributed by atoms with Crippen LogP contribution in [0.5, 0.6) is 5.75 Å². The topological polar surface area (TPSA) is 85.7 Å². The molecule has 0 bridgehead atoms. The summed E-state index contributed by atoms with van der Waals surface area (Å²) in [5, 5.41) is 4.67. The molecule has 0 radical (unpaired) electrons. The van der Waals surface area contributed by atoms with E-state index in [1.165, 1.54) is 6.33 Å². The van der Waals surface area contributed by atoms with Gasteiger partial charge in [0, 0.05) is 18.0 Å². The van der Waals surface area contributed by atoms with E-state index >= 15 is 0 Å². The van der Waals surface area contributed by atoms with E-state index in [0.29, 0.717) is 34.8 Å². The molecule has 0 amide bonds. The van der Waals surface area contributed by atoms with Gasteiger partial charge in [-0.1, -0.05) is 19.1 Å². The van der Waals surface area contributed by atoms with Crippen LogP contribution in [-0.4, -0.2) is 31.3 Å². The summed E-state index contributed by atoms with van der Waals surface area (Å²) in [6.07, 6.45) is 5.67. The van der Waals surface area contributed by atoms with Gasteiger partial charge < -0.3 is 9.72 Å². The van der Waals surface area contributed by atoms with Crippen LogP contribution in [-0.2, 0) is 0 Å². The lowest BCUT2D eigenvalue weighted by Gasteiger charge is -2.11. The zero-order chi connectivity index (χ0) is 17.9. The first kappa shape index (κ1) is 16.0. The maximum absolute atomic E-state index is 12.5. The maximum Gasteiger partial charge on any atom is 0.277 e. The van der Waals surface area contributed by atoms with Gasteiger partial charge in [0.1, 0.15) is 22.6 Å². The molecular weight excluding hydrogens is 330 g/mol. The van der Waals surface area contributed by atoms with Crippen molar-refractivity contribution in [2.75, 3.05) is 6.61 Å². The van der Waals surface area contributed by atoms with Gasteiger partial charge in [-0.3, -0.25) is 9.78 Å². The summed E-state index contributed by atoms with van der Waals surface area (Å²) in [4.78, 5) is 23.6. The van der Waals surface area contributed by atoms with E-state index in [4.69, 9.17) is 4.74 Å². The quantitative estimate of drug-likeness (QED) is 0.600. The molecule has 0 unspecified atom stereocenters. The van der Waals surface area contributed by atoms with E-state index in [-0.39, 0.29) is 5.56 Å². The highest BCUT2D eigenvalue weighted by Crippen LogP contribution is 2.29. The molecule has 0 aliphatic carbocycles. The summed E-state index contributed by atoms with van der Waals surface area (Å²) in [5.41, 5.74) is 2.72. The Balaban J connectivity index is 1.99. The number of aromatic amines is 1. The molecule has 3 heterocycles. The number of hydrogen-bond acceptors (Lipinski definition) is 5. The Morgan fingerprint density at radius 3 is 2.88 bits per heavy atom. The van der Waals surface area contributed by atoms with Crippen molar-refractivity contribution in [3.63, 3.8) is 0 Å². The molecule has 1 N–H and O–H groups in total. The average molecular weight is 347 g/mol. The van der Waals surface area contributed by atoms with Gasteiger partial charge in [0.05, 0.1) is 12.9 Å². The number of hydrogen-bond donors (Lipinski definition) is 1. The number of nitrogens with one attached hydrogen (secondary N) is 1. The van der Waals surface area contributed by atoms with Gasteiger partial charge in [-0.2, -0.15) is 5.10 Å². The molecule has 0 fully saturated rings. The van der Waals surface area contributed by atoms with Gasteiger partial charge in [0.25, 0.3) is 5.56 Å². The number of pyridine rings is 1. The van der Waals surface area contributed by atoms with Crippen molar-refractivity contribution >= 4 is 11.0 Å². The number of fused-ring (bicyclic) bond motifs is 1. The van der Waals surface area contributed by atoms with Crippen molar-refractivity contribution in [2.24, 2.45) is 0 Å². The van der Waals surface area contributed by atoms with Crippen molar-refractivity contribution in [3.05, 3.63) is 65.5 Å². The average Bonchev–Trinajstić information content (AvgIpc) is 3.08.